The number of halogens is 2. The van der Waals surface area contributed by atoms with Crippen LogP contribution in [0.25, 0.3) is 0 Å². The van der Waals surface area contributed by atoms with Crippen LogP contribution >= 0.6 is 11.6 Å². The van der Waals surface area contributed by atoms with Crippen molar-refractivity contribution < 1.29 is 19.1 Å². The molecule has 8 heteroatoms. The number of piperazine rings is 1. The van der Waals surface area contributed by atoms with Gasteiger partial charge in [-0.3, -0.25) is 4.79 Å². The van der Waals surface area contributed by atoms with Gasteiger partial charge in [0.05, 0.1) is 11.3 Å². The number of rotatable bonds is 5. The van der Waals surface area contributed by atoms with Gasteiger partial charge in [0.25, 0.3) is 5.91 Å². The van der Waals surface area contributed by atoms with E-state index in [9.17, 15) is 19.1 Å². The number of anilines is 3. The van der Waals surface area contributed by atoms with E-state index < -0.39 is 17.7 Å². The molecule has 0 saturated carbocycles. The highest BCUT2D eigenvalue weighted by molar-refractivity contribution is 6.30. The standard InChI is InChI=1S/C25H23ClFN3O3/c1-16-2-5-18(26)14-23(16)30-12-10-29(11-13-30)20-8-9-22(21(15-20)25(32)33)28-24(31)17-3-6-19(27)7-4-17/h2-9,14-15H,10-13H2,1H3,(H,28,31)(H,32,33). The summed E-state index contributed by atoms with van der Waals surface area (Å²) in [5.74, 6) is -2.09. The molecule has 33 heavy (non-hydrogen) atoms. The SMILES string of the molecule is Cc1ccc(Cl)cc1N1CCN(c2ccc(NC(=O)c3ccc(F)cc3)c(C(=O)O)c2)CC1. The molecule has 1 fully saturated rings. The Morgan fingerprint density at radius 1 is 0.939 bits per heavy atom. The van der Waals surface area contributed by atoms with Crippen LogP contribution in [0.2, 0.25) is 5.02 Å². The van der Waals surface area contributed by atoms with Crippen LogP contribution in [0.5, 0.6) is 0 Å². The topological polar surface area (TPSA) is 72.9 Å². The second kappa shape index (κ2) is 9.50. The third kappa shape index (κ3) is 5.09. The average molecular weight is 468 g/mol. The highest BCUT2D eigenvalue weighted by Crippen LogP contribution is 2.28. The van der Waals surface area contributed by atoms with Gasteiger partial charge >= 0.3 is 5.97 Å². The number of carboxylic acids is 1. The number of nitrogens with zero attached hydrogens (tertiary/aromatic N) is 2. The van der Waals surface area contributed by atoms with E-state index in [2.05, 4.69) is 22.0 Å². The summed E-state index contributed by atoms with van der Waals surface area (Å²) in [5, 5.41) is 13.0. The van der Waals surface area contributed by atoms with Gasteiger partial charge in [0.15, 0.2) is 0 Å². The number of carbonyl (C=O) groups is 2. The van der Waals surface area contributed by atoms with Crippen molar-refractivity contribution in [3.63, 3.8) is 0 Å². The third-order valence-corrected chi connectivity index (χ3v) is 5.98. The molecule has 4 rings (SSSR count). The summed E-state index contributed by atoms with van der Waals surface area (Å²) in [5.41, 5.74) is 3.46. The Kier molecular flexibility index (Phi) is 6.51. The maximum absolute atomic E-state index is 13.1. The van der Waals surface area contributed by atoms with Crippen molar-refractivity contribution in [1.82, 2.24) is 0 Å². The number of aromatic carboxylic acids is 1. The van der Waals surface area contributed by atoms with Gasteiger partial charge < -0.3 is 20.2 Å². The van der Waals surface area contributed by atoms with Crippen LogP contribution in [0.4, 0.5) is 21.5 Å². The number of carbonyl (C=O) groups excluding carboxylic acids is 1. The Balaban J connectivity index is 1.48. The van der Waals surface area contributed by atoms with Crippen molar-refractivity contribution in [3.8, 4) is 0 Å². The van der Waals surface area contributed by atoms with E-state index in [1.807, 2.05) is 18.2 Å². The first-order valence-electron chi connectivity index (χ1n) is 10.5. The summed E-state index contributed by atoms with van der Waals surface area (Å²) in [6, 6.07) is 15.9. The predicted molar refractivity (Wildman–Crippen MR) is 128 cm³/mol. The lowest BCUT2D eigenvalue weighted by Gasteiger charge is -2.38. The van der Waals surface area contributed by atoms with Crippen LogP contribution in [0.15, 0.2) is 60.7 Å². The van der Waals surface area contributed by atoms with Gasteiger partial charge in [0.1, 0.15) is 5.82 Å². The van der Waals surface area contributed by atoms with E-state index in [0.29, 0.717) is 18.1 Å². The summed E-state index contributed by atoms with van der Waals surface area (Å²) < 4.78 is 13.1. The molecular formula is C25H23ClFN3O3. The number of hydrogen-bond donors (Lipinski definition) is 2. The molecule has 0 aromatic heterocycles. The van der Waals surface area contributed by atoms with Gasteiger partial charge in [-0.1, -0.05) is 17.7 Å². The highest BCUT2D eigenvalue weighted by Gasteiger charge is 2.21. The van der Waals surface area contributed by atoms with Crippen molar-refractivity contribution in [1.29, 1.82) is 0 Å². The van der Waals surface area contributed by atoms with Crippen LogP contribution in [0.1, 0.15) is 26.3 Å². The molecular weight excluding hydrogens is 445 g/mol. The van der Waals surface area contributed by atoms with Crippen molar-refractivity contribution in [2.24, 2.45) is 0 Å². The molecule has 1 aliphatic rings. The van der Waals surface area contributed by atoms with E-state index in [1.54, 1.807) is 18.2 Å². The number of nitrogens with one attached hydrogen (secondary N) is 1. The normalized spacial score (nSPS) is 13.7. The first kappa shape index (κ1) is 22.6. The molecule has 1 amide bonds. The van der Waals surface area contributed by atoms with Crippen LogP contribution < -0.4 is 15.1 Å². The van der Waals surface area contributed by atoms with Crippen LogP contribution in [0.3, 0.4) is 0 Å². The highest BCUT2D eigenvalue weighted by atomic mass is 35.5. The lowest BCUT2D eigenvalue weighted by molar-refractivity contribution is 0.0698. The van der Waals surface area contributed by atoms with Gasteiger partial charge in [0, 0.05) is 48.1 Å². The maximum Gasteiger partial charge on any atom is 0.337 e. The van der Waals surface area contributed by atoms with E-state index in [1.165, 1.54) is 24.3 Å². The number of amides is 1. The zero-order valence-electron chi connectivity index (χ0n) is 18.0. The smallest absolute Gasteiger partial charge is 0.337 e. The molecule has 3 aromatic carbocycles. The minimum atomic E-state index is -1.14. The Bertz CT molecular complexity index is 1190. The molecule has 3 aromatic rings. The summed E-state index contributed by atoms with van der Waals surface area (Å²) in [6.45, 7) is 5.02. The number of benzene rings is 3. The molecule has 0 radical (unpaired) electrons. The van der Waals surface area contributed by atoms with E-state index in [0.717, 1.165) is 30.0 Å². The lowest BCUT2D eigenvalue weighted by atomic mass is 10.1. The van der Waals surface area contributed by atoms with Gasteiger partial charge in [0.2, 0.25) is 0 Å². The summed E-state index contributed by atoms with van der Waals surface area (Å²) >= 11 is 6.17. The van der Waals surface area contributed by atoms with E-state index >= 15 is 0 Å². The van der Waals surface area contributed by atoms with Crippen molar-refractivity contribution in [2.75, 3.05) is 41.3 Å². The monoisotopic (exact) mass is 467 g/mol. The molecule has 0 bridgehead atoms. The maximum atomic E-state index is 13.1. The van der Waals surface area contributed by atoms with Gasteiger partial charge in [-0.2, -0.15) is 0 Å². The quantitative estimate of drug-likeness (QED) is 0.548. The minimum absolute atomic E-state index is 0.00363. The van der Waals surface area contributed by atoms with E-state index in [-0.39, 0.29) is 16.8 Å². The molecule has 1 heterocycles. The fraction of sp³-hybridized carbons (Fsp3) is 0.200. The molecule has 0 spiro atoms. The Morgan fingerprint density at radius 2 is 1.61 bits per heavy atom. The molecule has 2 N–H and O–H groups in total. The second-order valence-electron chi connectivity index (χ2n) is 7.90. The van der Waals surface area contributed by atoms with Crippen molar-refractivity contribution in [3.05, 3.63) is 88.2 Å². The molecule has 170 valence electrons. The van der Waals surface area contributed by atoms with Crippen LogP contribution in [-0.4, -0.2) is 43.2 Å². The fourth-order valence-electron chi connectivity index (χ4n) is 3.94. The van der Waals surface area contributed by atoms with Gasteiger partial charge in [-0.05, 0) is 67.1 Å². The predicted octanol–water partition coefficient (Wildman–Crippen LogP) is 5.06. The average Bonchev–Trinajstić information content (AvgIpc) is 2.81. The zero-order valence-corrected chi connectivity index (χ0v) is 18.8. The number of hydrogen-bond acceptors (Lipinski definition) is 4. The van der Waals surface area contributed by atoms with Crippen LogP contribution in [-0.2, 0) is 0 Å². The van der Waals surface area contributed by atoms with Gasteiger partial charge in [-0.25, -0.2) is 9.18 Å². The Morgan fingerprint density at radius 3 is 2.27 bits per heavy atom. The molecule has 0 atom stereocenters. The summed E-state index contributed by atoms with van der Waals surface area (Å²) in [6.07, 6.45) is 0. The number of carboxylic acid groups (broad SMARTS) is 1. The third-order valence-electron chi connectivity index (χ3n) is 5.74. The van der Waals surface area contributed by atoms with E-state index in [4.69, 9.17) is 11.6 Å². The lowest BCUT2D eigenvalue weighted by Crippen LogP contribution is -2.46. The second-order valence-corrected chi connectivity index (χ2v) is 8.34. The van der Waals surface area contributed by atoms with Crippen molar-refractivity contribution in [2.45, 2.75) is 6.92 Å². The molecule has 0 unspecified atom stereocenters. The van der Waals surface area contributed by atoms with Crippen molar-refractivity contribution >= 4 is 40.5 Å². The number of aryl methyl sites for hydroxylation is 1. The first-order valence-corrected chi connectivity index (χ1v) is 10.9. The fourth-order valence-corrected chi connectivity index (χ4v) is 4.11. The van der Waals surface area contributed by atoms with Crippen LogP contribution in [0, 0.1) is 12.7 Å². The van der Waals surface area contributed by atoms with Gasteiger partial charge in [-0.15, -0.1) is 0 Å². The zero-order chi connectivity index (χ0) is 23.5. The molecule has 1 aliphatic heterocycles. The minimum Gasteiger partial charge on any atom is -0.478 e. The molecule has 1 saturated heterocycles. The Hall–Kier alpha value is -3.58. The largest absolute Gasteiger partial charge is 0.478 e. The molecule has 0 aliphatic carbocycles. The Labute approximate surface area is 196 Å². The molecule has 6 nitrogen and oxygen atoms in total. The summed E-state index contributed by atoms with van der Waals surface area (Å²) in [4.78, 5) is 28.7. The summed E-state index contributed by atoms with van der Waals surface area (Å²) in [7, 11) is 0. The first-order chi connectivity index (χ1) is 15.8.